The van der Waals surface area contributed by atoms with Crippen LogP contribution in [0.25, 0.3) is 0 Å². The van der Waals surface area contributed by atoms with E-state index in [2.05, 4.69) is 5.32 Å². The van der Waals surface area contributed by atoms with Crippen LogP contribution in [0.15, 0.2) is 47.4 Å². The lowest BCUT2D eigenvalue weighted by atomic mass is 10.0. The van der Waals surface area contributed by atoms with E-state index in [1.165, 1.54) is 4.31 Å². The minimum Gasteiger partial charge on any atom is -0.326 e. The maximum atomic E-state index is 13.2. The van der Waals surface area contributed by atoms with Gasteiger partial charge in [-0.3, -0.25) is 9.10 Å². The van der Waals surface area contributed by atoms with Crippen molar-refractivity contribution in [2.24, 2.45) is 0 Å². The average Bonchev–Trinajstić information content (AvgIpc) is 2.90. The molecule has 0 radical (unpaired) electrons. The zero-order valence-electron chi connectivity index (χ0n) is 13.3. The first-order valence-corrected chi connectivity index (χ1v) is 9.46. The molecule has 1 atom stereocenters. The molecule has 5 nitrogen and oxygen atoms in total. The van der Waals surface area contributed by atoms with Gasteiger partial charge in [-0.25, -0.2) is 8.42 Å². The smallest absolute Gasteiger partial charge is 0.264 e. The lowest BCUT2D eigenvalue weighted by Gasteiger charge is -2.25. The van der Waals surface area contributed by atoms with Crippen molar-refractivity contribution in [2.45, 2.75) is 37.1 Å². The first-order chi connectivity index (χ1) is 11.5. The van der Waals surface area contributed by atoms with Gasteiger partial charge in [0.15, 0.2) is 0 Å². The molecule has 1 N–H and O–H groups in total. The molecule has 1 amide bonds. The highest BCUT2D eigenvalue weighted by Crippen LogP contribution is 2.37. The monoisotopic (exact) mass is 342 g/mol. The van der Waals surface area contributed by atoms with Gasteiger partial charge < -0.3 is 5.32 Å². The van der Waals surface area contributed by atoms with E-state index in [1.54, 1.807) is 18.2 Å². The largest absolute Gasteiger partial charge is 0.326 e. The molecular formula is C18H18N2O3S. The Hall–Kier alpha value is -2.34. The number of hydrogen-bond donors (Lipinski definition) is 1. The fourth-order valence-corrected chi connectivity index (χ4v) is 5.28. The molecule has 0 fully saturated rings. The van der Waals surface area contributed by atoms with Crippen LogP contribution in [0.5, 0.6) is 0 Å². The summed E-state index contributed by atoms with van der Waals surface area (Å²) in [5, 5.41) is 2.79. The Balaban J connectivity index is 1.78. The third-order valence-corrected chi connectivity index (χ3v) is 6.60. The Bertz CT molecular complexity index is 937. The lowest BCUT2D eigenvalue weighted by Crippen LogP contribution is -2.35. The lowest BCUT2D eigenvalue weighted by molar-refractivity contribution is -0.116. The van der Waals surface area contributed by atoms with Gasteiger partial charge in [-0.2, -0.15) is 0 Å². The number of fused-ring (bicyclic) bond motifs is 2. The van der Waals surface area contributed by atoms with Gasteiger partial charge in [0.25, 0.3) is 10.0 Å². The number of sulfonamides is 1. The van der Waals surface area contributed by atoms with Gasteiger partial charge in [0.1, 0.15) is 0 Å². The third kappa shape index (κ3) is 2.29. The number of nitrogens with zero attached hydrogens (tertiary/aromatic N) is 1. The molecule has 0 saturated heterocycles. The van der Waals surface area contributed by atoms with Crippen molar-refractivity contribution in [3.63, 3.8) is 0 Å². The standard InChI is InChI=1S/C18H18N2O3S/c1-12-10-14-4-2-3-5-17(14)20(12)24(22,23)15-7-8-16-13(11-15)6-9-18(21)19-16/h2-5,7-8,11-12H,6,9-10H2,1H3,(H,19,21). The summed E-state index contributed by atoms with van der Waals surface area (Å²) < 4.78 is 27.9. The normalized spacial score (nSPS) is 19.6. The van der Waals surface area contributed by atoms with E-state index in [1.807, 2.05) is 31.2 Å². The number of carbonyl (C=O) groups excluding carboxylic acids is 1. The molecule has 2 heterocycles. The summed E-state index contributed by atoms with van der Waals surface area (Å²) >= 11 is 0. The molecule has 0 saturated carbocycles. The molecule has 2 aromatic rings. The topological polar surface area (TPSA) is 66.5 Å². The van der Waals surface area contributed by atoms with Crippen LogP contribution in [0, 0.1) is 0 Å². The van der Waals surface area contributed by atoms with Crippen molar-refractivity contribution in [1.29, 1.82) is 0 Å². The van der Waals surface area contributed by atoms with E-state index in [4.69, 9.17) is 0 Å². The first kappa shape index (κ1) is 15.2. The van der Waals surface area contributed by atoms with Crippen molar-refractivity contribution in [3.05, 3.63) is 53.6 Å². The molecule has 124 valence electrons. The van der Waals surface area contributed by atoms with Crippen LogP contribution in [0.2, 0.25) is 0 Å². The molecule has 2 aromatic carbocycles. The summed E-state index contributed by atoms with van der Waals surface area (Å²) in [7, 11) is -3.63. The maximum absolute atomic E-state index is 13.2. The fraction of sp³-hybridized carbons (Fsp3) is 0.278. The second-order valence-electron chi connectivity index (χ2n) is 6.35. The van der Waals surface area contributed by atoms with Gasteiger partial charge in [-0.1, -0.05) is 18.2 Å². The Morgan fingerprint density at radius 3 is 2.71 bits per heavy atom. The predicted molar refractivity (Wildman–Crippen MR) is 92.7 cm³/mol. The number of hydrogen-bond acceptors (Lipinski definition) is 3. The maximum Gasteiger partial charge on any atom is 0.264 e. The van der Waals surface area contributed by atoms with E-state index < -0.39 is 10.0 Å². The van der Waals surface area contributed by atoms with Crippen LogP contribution in [-0.2, 0) is 27.7 Å². The molecule has 2 aliphatic heterocycles. The molecule has 0 bridgehead atoms. The van der Waals surface area contributed by atoms with Gasteiger partial charge in [-0.05, 0) is 55.2 Å². The van der Waals surface area contributed by atoms with Crippen LogP contribution in [0.3, 0.4) is 0 Å². The number of rotatable bonds is 2. The van der Waals surface area contributed by atoms with Crippen molar-refractivity contribution >= 4 is 27.3 Å². The first-order valence-electron chi connectivity index (χ1n) is 8.02. The van der Waals surface area contributed by atoms with Crippen LogP contribution < -0.4 is 9.62 Å². The zero-order chi connectivity index (χ0) is 16.9. The van der Waals surface area contributed by atoms with E-state index in [0.29, 0.717) is 18.5 Å². The van der Waals surface area contributed by atoms with E-state index in [0.717, 1.165) is 23.2 Å². The summed E-state index contributed by atoms with van der Waals surface area (Å²) in [6.45, 7) is 1.93. The van der Waals surface area contributed by atoms with Crippen molar-refractivity contribution in [3.8, 4) is 0 Å². The third-order valence-electron chi connectivity index (χ3n) is 4.67. The van der Waals surface area contributed by atoms with Gasteiger partial charge in [0, 0.05) is 18.2 Å². The molecule has 0 aliphatic carbocycles. The summed E-state index contributed by atoms with van der Waals surface area (Å²) in [4.78, 5) is 11.7. The summed E-state index contributed by atoms with van der Waals surface area (Å²) in [6, 6.07) is 12.5. The number of para-hydroxylation sites is 1. The molecule has 24 heavy (non-hydrogen) atoms. The summed E-state index contributed by atoms with van der Waals surface area (Å²) in [5.74, 6) is -0.0276. The van der Waals surface area contributed by atoms with E-state index in [-0.39, 0.29) is 16.8 Å². The predicted octanol–water partition coefficient (Wildman–Crippen LogP) is 2.71. The van der Waals surface area contributed by atoms with Crippen LogP contribution in [0.1, 0.15) is 24.5 Å². The number of nitrogens with one attached hydrogen (secondary N) is 1. The Labute approximate surface area is 141 Å². The molecular weight excluding hydrogens is 324 g/mol. The van der Waals surface area contributed by atoms with Crippen molar-refractivity contribution in [2.75, 3.05) is 9.62 Å². The molecule has 4 rings (SSSR count). The number of anilines is 2. The highest BCUT2D eigenvalue weighted by Gasteiger charge is 2.36. The van der Waals surface area contributed by atoms with Crippen LogP contribution in [0.4, 0.5) is 11.4 Å². The van der Waals surface area contributed by atoms with Gasteiger partial charge >= 0.3 is 0 Å². The number of aryl methyl sites for hydroxylation is 1. The highest BCUT2D eigenvalue weighted by atomic mass is 32.2. The number of benzene rings is 2. The van der Waals surface area contributed by atoms with Crippen molar-refractivity contribution in [1.82, 2.24) is 0 Å². The van der Waals surface area contributed by atoms with Gasteiger partial charge in [0.05, 0.1) is 10.6 Å². The quantitative estimate of drug-likeness (QED) is 0.912. The minimum absolute atomic E-state index is 0.0276. The average molecular weight is 342 g/mol. The Morgan fingerprint density at radius 2 is 1.88 bits per heavy atom. The summed E-state index contributed by atoms with van der Waals surface area (Å²) in [5.41, 5.74) is 3.39. The van der Waals surface area contributed by atoms with Crippen LogP contribution >= 0.6 is 0 Å². The second-order valence-corrected chi connectivity index (χ2v) is 8.16. The van der Waals surface area contributed by atoms with E-state index in [9.17, 15) is 13.2 Å². The number of carbonyl (C=O) groups is 1. The van der Waals surface area contributed by atoms with Crippen molar-refractivity contribution < 1.29 is 13.2 Å². The molecule has 0 aromatic heterocycles. The molecule has 0 spiro atoms. The fourth-order valence-electron chi connectivity index (χ4n) is 3.54. The Morgan fingerprint density at radius 1 is 1.08 bits per heavy atom. The van der Waals surface area contributed by atoms with Gasteiger partial charge in [-0.15, -0.1) is 0 Å². The number of amides is 1. The Kier molecular flexibility index (Phi) is 3.38. The zero-order valence-corrected chi connectivity index (χ0v) is 14.1. The van der Waals surface area contributed by atoms with Gasteiger partial charge in [0.2, 0.25) is 5.91 Å². The van der Waals surface area contributed by atoms with E-state index >= 15 is 0 Å². The molecule has 1 unspecified atom stereocenters. The molecule has 2 aliphatic rings. The van der Waals surface area contributed by atoms with Crippen LogP contribution in [-0.4, -0.2) is 20.4 Å². The summed E-state index contributed by atoms with van der Waals surface area (Å²) in [6.07, 6.45) is 1.67. The molecule has 6 heteroatoms. The highest BCUT2D eigenvalue weighted by molar-refractivity contribution is 7.92. The minimum atomic E-state index is -3.63. The second kappa shape index (κ2) is 5.34. The SMILES string of the molecule is CC1Cc2ccccc2N1S(=O)(=O)c1ccc2c(c1)CCC(=O)N2.